The average Bonchev–Trinajstić information content (AvgIpc) is 2.57. The third-order valence-electron chi connectivity index (χ3n) is 3.49. The molecule has 1 fully saturated rings. The smallest absolute Gasteiger partial charge is 0.252 e. The van der Waals surface area contributed by atoms with Gasteiger partial charge in [-0.3, -0.25) is 4.79 Å². The Labute approximate surface area is 129 Å². The summed E-state index contributed by atoms with van der Waals surface area (Å²) in [7, 11) is 0. The lowest BCUT2D eigenvalue weighted by Gasteiger charge is -2.34. The molecule has 0 aromatic carbocycles. The summed E-state index contributed by atoms with van der Waals surface area (Å²) < 4.78 is 0. The molecule has 0 bridgehead atoms. The van der Waals surface area contributed by atoms with Crippen molar-refractivity contribution in [3.63, 3.8) is 0 Å². The van der Waals surface area contributed by atoms with Crippen LogP contribution in [-0.2, 0) is 0 Å². The second kappa shape index (κ2) is 9.34. The van der Waals surface area contributed by atoms with Crippen molar-refractivity contribution in [2.75, 3.05) is 44.2 Å². The minimum absolute atomic E-state index is 0. The molecule has 1 saturated heterocycles. The molecular weight excluding hydrogens is 264 g/mol. The molecule has 5 heteroatoms. The van der Waals surface area contributed by atoms with Crippen LogP contribution in [0.25, 0.3) is 0 Å². The van der Waals surface area contributed by atoms with Crippen molar-refractivity contribution < 1.29 is 6.22 Å². The molecule has 1 aromatic rings. The molecule has 1 N–H and O–H groups in total. The van der Waals surface area contributed by atoms with Gasteiger partial charge in [-0.15, -0.1) is 0 Å². The molecule has 120 valence electrons. The Morgan fingerprint density at radius 3 is 2.38 bits per heavy atom. The Hall–Kier alpha value is -1.62. The highest BCUT2D eigenvalue weighted by atomic mass is 16.1. The maximum atomic E-state index is 11.6. The van der Waals surface area contributed by atoms with Gasteiger partial charge in [-0.1, -0.05) is 20.8 Å². The van der Waals surface area contributed by atoms with Crippen LogP contribution in [0.3, 0.4) is 0 Å². The van der Waals surface area contributed by atoms with E-state index in [4.69, 9.17) is 0 Å². The zero-order chi connectivity index (χ0) is 15.7. The normalized spacial score (nSPS) is 15.1. The lowest BCUT2D eigenvalue weighted by atomic mass is 10.2. The van der Waals surface area contributed by atoms with Crippen LogP contribution in [0.2, 0.25) is 0 Å². The summed E-state index contributed by atoms with van der Waals surface area (Å²) in [6.45, 7) is 14.0. The largest absolute Gasteiger partial charge is 0.354 e. The van der Waals surface area contributed by atoms with Crippen molar-refractivity contribution in [2.45, 2.75) is 27.7 Å². The summed E-state index contributed by atoms with van der Waals surface area (Å²) in [6, 6.07) is 3.78. The van der Waals surface area contributed by atoms with E-state index in [1.165, 1.54) is 0 Å². The molecule has 0 unspecified atom stereocenters. The average molecular weight is 294 g/mol. The number of carbonyl (C=O) groups is 1. The Kier molecular flexibility index (Phi) is 7.75. The first-order chi connectivity index (χ1) is 10.2. The molecule has 21 heavy (non-hydrogen) atoms. The van der Waals surface area contributed by atoms with Gasteiger partial charge in [0.25, 0.3) is 5.91 Å². The maximum absolute atomic E-state index is 11.6. The van der Waals surface area contributed by atoms with Crippen molar-refractivity contribution in [3.8, 4) is 0 Å². The summed E-state index contributed by atoms with van der Waals surface area (Å²) in [4.78, 5) is 20.7. The number of nitrogens with zero attached hydrogens (tertiary/aromatic N) is 3. The minimum atomic E-state index is -0.0580. The van der Waals surface area contributed by atoms with E-state index >= 15 is 0 Å². The fourth-order valence-electron chi connectivity index (χ4n) is 2.26. The molecular formula is C16H30N4O. The van der Waals surface area contributed by atoms with Crippen molar-refractivity contribution >= 4 is 11.7 Å². The van der Waals surface area contributed by atoms with Gasteiger partial charge in [0.2, 0.25) is 0 Å². The van der Waals surface area contributed by atoms with Gasteiger partial charge in [-0.25, -0.2) is 4.98 Å². The van der Waals surface area contributed by atoms with E-state index in [0.29, 0.717) is 12.1 Å². The van der Waals surface area contributed by atoms with E-state index in [-0.39, 0.29) is 7.33 Å². The van der Waals surface area contributed by atoms with Crippen LogP contribution < -0.4 is 10.2 Å². The van der Waals surface area contributed by atoms with Crippen molar-refractivity contribution in [3.05, 3.63) is 23.9 Å². The van der Waals surface area contributed by atoms with Gasteiger partial charge in [0.05, 0.1) is 5.56 Å². The first-order valence-corrected chi connectivity index (χ1v) is 7.96. The van der Waals surface area contributed by atoms with Crippen LogP contribution in [0.5, 0.6) is 0 Å². The quantitative estimate of drug-likeness (QED) is 0.925. The third kappa shape index (κ3) is 5.01. The standard InChI is InChI=1S/C14H22N4O.C2H6.H2/c1-3-15-14(19)12-5-6-13(16-11-12)18-9-7-17(4-2)8-10-18;1-2;/h5-6,11H,3-4,7-10H2,1-2H3,(H,15,19);1-2H3;1H. The second-order valence-corrected chi connectivity index (χ2v) is 4.69. The van der Waals surface area contributed by atoms with E-state index in [1.807, 2.05) is 32.9 Å². The maximum Gasteiger partial charge on any atom is 0.252 e. The van der Waals surface area contributed by atoms with E-state index in [9.17, 15) is 4.79 Å². The monoisotopic (exact) mass is 294 g/mol. The molecule has 0 saturated carbocycles. The van der Waals surface area contributed by atoms with Crippen LogP contribution >= 0.6 is 0 Å². The number of pyridine rings is 1. The summed E-state index contributed by atoms with van der Waals surface area (Å²) in [5, 5.41) is 2.78. The molecule has 1 aromatic heterocycles. The van der Waals surface area contributed by atoms with Gasteiger partial charge in [-0.2, -0.15) is 0 Å². The number of piperazine rings is 1. The highest BCUT2D eigenvalue weighted by molar-refractivity contribution is 5.93. The molecule has 0 spiro atoms. The highest BCUT2D eigenvalue weighted by Crippen LogP contribution is 2.13. The van der Waals surface area contributed by atoms with Gasteiger partial charge in [0, 0.05) is 40.3 Å². The predicted octanol–water partition coefficient (Wildman–Crippen LogP) is 2.25. The number of anilines is 1. The molecule has 1 aliphatic heterocycles. The number of amides is 1. The summed E-state index contributed by atoms with van der Waals surface area (Å²) >= 11 is 0. The molecule has 0 atom stereocenters. The van der Waals surface area contributed by atoms with Crippen molar-refractivity contribution in [1.82, 2.24) is 15.2 Å². The van der Waals surface area contributed by atoms with E-state index in [1.54, 1.807) is 6.20 Å². The summed E-state index contributed by atoms with van der Waals surface area (Å²) in [5.41, 5.74) is 0.623. The number of hydrogen-bond acceptors (Lipinski definition) is 4. The van der Waals surface area contributed by atoms with Crippen LogP contribution in [-0.4, -0.2) is 55.1 Å². The zero-order valence-corrected chi connectivity index (χ0v) is 13.7. The lowest BCUT2D eigenvalue weighted by molar-refractivity contribution is 0.0955. The Morgan fingerprint density at radius 2 is 1.90 bits per heavy atom. The summed E-state index contributed by atoms with van der Waals surface area (Å²) in [6.07, 6.45) is 1.66. The van der Waals surface area contributed by atoms with Crippen LogP contribution in [0.4, 0.5) is 5.82 Å². The van der Waals surface area contributed by atoms with Gasteiger partial charge in [-0.05, 0) is 25.6 Å². The van der Waals surface area contributed by atoms with Gasteiger partial charge < -0.3 is 15.1 Å². The Bertz CT molecular complexity index is 417. The molecule has 1 aliphatic rings. The number of nitrogens with one attached hydrogen (secondary N) is 1. The molecule has 2 heterocycles. The zero-order valence-electron chi connectivity index (χ0n) is 13.7. The predicted molar refractivity (Wildman–Crippen MR) is 90.0 cm³/mol. The van der Waals surface area contributed by atoms with Gasteiger partial charge in [0.1, 0.15) is 5.82 Å². The number of hydrogen-bond donors (Lipinski definition) is 1. The first kappa shape index (κ1) is 17.4. The van der Waals surface area contributed by atoms with E-state index < -0.39 is 0 Å². The number of carbonyl (C=O) groups excluding carboxylic acids is 1. The highest BCUT2D eigenvalue weighted by Gasteiger charge is 2.16. The lowest BCUT2D eigenvalue weighted by Crippen LogP contribution is -2.46. The second-order valence-electron chi connectivity index (χ2n) is 4.69. The van der Waals surface area contributed by atoms with Crippen LogP contribution in [0.1, 0.15) is 39.5 Å². The minimum Gasteiger partial charge on any atom is -0.354 e. The molecule has 2 rings (SSSR count). The molecule has 0 radical (unpaired) electrons. The van der Waals surface area contributed by atoms with Gasteiger partial charge in [0.15, 0.2) is 0 Å². The fourth-order valence-corrected chi connectivity index (χ4v) is 2.26. The van der Waals surface area contributed by atoms with E-state index in [0.717, 1.165) is 38.5 Å². The van der Waals surface area contributed by atoms with Gasteiger partial charge >= 0.3 is 0 Å². The molecule has 1 amide bonds. The van der Waals surface area contributed by atoms with E-state index in [2.05, 4.69) is 27.0 Å². The molecule has 5 nitrogen and oxygen atoms in total. The number of likely N-dealkylation sites (N-methyl/N-ethyl adjacent to an activating group) is 1. The first-order valence-electron chi connectivity index (χ1n) is 7.96. The van der Waals surface area contributed by atoms with Crippen molar-refractivity contribution in [1.29, 1.82) is 0 Å². The SMILES string of the molecule is CC.CCNC(=O)c1ccc(N2CCN(CC)CC2)nc1.[HH]. The third-order valence-corrected chi connectivity index (χ3v) is 3.49. The Morgan fingerprint density at radius 1 is 1.24 bits per heavy atom. The fraction of sp³-hybridized carbons (Fsp3) is 0.625. The summed E-state index contributed by atoms with van der Waals surface area (Å²) in [5.74, 6) is 0.904. The Balaban J connectivity index is 0.00000141. The van der Waals surface area contributed by atoms with Crippen LogP contribution in [0.15, 0.2) is 18.3 Å². The molecule has 0 aliphatic carbocycles. The van der Waals surface area contributed by atoms with Crippen LogP contribution in [0, 0.1) is 0 Å². The topological polar surface area (TPSA) is 48.5 Å². The number of rotatable bonds is 4. The number of aromatic nitrogens is 1. The van der Waals surface area contributed by atoms with Crippen molar-refractivity contribution in [2.24, 2.45) is 0 Å².